The molecule has 1 amide bonds. The molecule has 0 unspecified atom stereocenters. The van der Waals surface area contributed by atoms with Gasteiger partial charge >= 0.3 is 5.97 Å². The second-order valence-electron chi connectivity index (χ2n) is 5.14. The first kappa shape index (κ1) is 17.1. The maximum Gasteiger partial charge on any atom is 0.311 e. The molecule has 2 aromatic carbocycles. The summed E-state index contributed by atoms with van der Waals surface area (Å²) < 4.78 is 5.11. The van der Waals surface area contributed by atoms with E-state index in [1.807, 2.05) is 19.1 Å². The van der Waals surface area contributed by atoms with Crippen LogP contribution in [0.1, 0.15) is 18.4 Å². The molecule has 0 saturated heterocycles. The van der Waals surface area contributed by atoms with Crippen molar-refractivity contribution in [1.82, 2.24) is 0 Å². The molecule has 0 fully saturated rings. The van der Waals surface area contributed by atoms with Crippen LogP contribution >= 0.6 is 0 Å². The van der Waals surface area contributed by atoms with Crippen molar-refractivity contribution in [2.75, 3.05) is 5.32 Å². The number of anilines is 1. The normalized spacial score (nSPS) is 10.0. The molecule has 0 atom stereocenters. The van der Waals surface area contributed by atoms with E-state index in [0.717, 1.165) is 5.56 Å². The zero-order valence-corrected chi connectivity index (χ0v) is 13.0. The van der Waals surface area contributed by atoms with Crippen LogP contribution in [0.4, 0.5) is 11.4 Å². The number of esters is 1. The SMILES string of the molecule is Cc1ccc(OC(=O)CCC(=O)Nc2cccc([N+](=O)[O-])c2)cc1. The third-order valence-electron chi connectivity index (χ3n) is 3.15. The van der Waals surface area contributed by atoms with E-state index < -0.39 is 16.8 Å². The summed E-state index contributed by atoms with van der Waals surface area (Å²) in [7, 11) is 0. The number of nitro benzene ring substituents is 1. The molecular weight excluding hydrogens is 312 g/mol. The number of nitrogens with zero attached hydrogens (tertiary/aromatic N) is 1. The van der Waals surface area contributed by atoms with Gasteiger partial charge in [-0.05, 0) is 25.1 Å². The molecule has 0 spiro atoms. The van der Waals surface area contributed by atoms with Crippen molar-refractivity contribution >= 4 is 23.3 Å². The van der Waals surface area contributed by atoms with Crippen LogP contribution in [0, 0.1) is 17.0 Å². The summed E-state index contributed by atoms with van der Waals surface area (Å²) in [6, 6.07) is 12.6. The summed E-state index contributed by atoms with van der Waals surface area (Å²) in [6.45, 7) is 1.92. The van der Waals surface area contributed by atoms with E-state index in [-0.39, 0.29) is 18.5 Å². The maximum absolute atomic E-state index is 11.8. The van der Waals surface area contributed by atoms with Gasteiger partial charge in [0.2, 0.25) is 5.91 Å². The Bertz CT molecular complexity index is 756. The van der Waals surface area contributed by atoms with Gasteiger partial charge in [-0.3, -0.25) is 19.7 Å². The fraction of sp³-hybridized carbons (Fsp3) is 0.176. The van der Waals surface area contributed by atoms with Gasteiger partial charge in [0.1, 0.15) is 5.75 Å². The summed E-state index contributed by atoms with van der Waals surface area (Å²) in [6.07, 6.45) is -0.165. The Morgan fingerprint density at radius 3 is 2.50 bits per heavy atom. The summed E-state index contributed by atoms with van der Waals surface area (Å²) in [5.74, 6) is -0.519. The quantitative estimate of drug-likeness (QED) is 0.380. The molecule has 0 bridgehead atoms. The van der Waals surface area contributed by atoms with Crippen molar-refractivity contribution in [3.05, 3.63) is 64.2 Å². The van der Waals surface area contributed by atoms with Gasteiger partial charge < -0.3 is 10.1 Å². The number of nitro groups is 1. The predicted molar refractivity (Wildman–Crippen MR) is 87.8 cm³/mol. The summed E-state index contributed by atoms with van der Waals surface area (Å²) >= 11 is 0. The molecule has 2 rings (SSSR count). The number of amides is 1. The molecule has 7 heteroatoms. The Morgan fingerprint density at radius 2 is 1.83 bits per heavy atom. The number of hydrogen-bond donors (Lipinski definition) is 1. The minimum Gasteiger partial charge on any atom is -0.427 e. The molecule has 0 aliphatic rings. The molecule has 2 aromatic rings. The molecule has 24 heavy (non-hydrogen) atoms. The van der Waals surface area contributed by atoms with Crippen LogP contribution in [-0.2, 0) is 9.59 Å². The van der Waals surface area contributed by atoms with Gasteiger partial charge in [0.05, 0.1) is 11.3 Å². The number of rotatable bonds is 6. The van der Waals surface area contributed by atoms with Crippen molar-refractivity contribution < 1.29 is 19.2 Å². The van der Waals surface area contributed by atoms with Gasteiger partial charge in [-0.25, -0.2) is 0 Å². The van der Waals surface area contributed by atoms with Gasteiger partial charge in [-0.15, -0.1) is 0 Å². The standard InChI is InChI=1S/C17H16N2O5/c1-12-5-7-15(8-6-12)24-17(21)10-9-16(20)18-13-3-2-4-14(11-13)19(22)23/h2-8,11H,9-10H2,1H3,(H,18,20). The van der Waals surface area contributed by atoms with Gasteiger partial charge in [-0.1, -0.05) is 23.8 Å². The Hall–Kier alpha value is -3.22. The van der Waals surface area contributed by atoms with E-state index in [0.29, 0.717) is 11.4 Å². The third kappa shape index (κ3) is 5.20. The van der Waals surface area contributed by atoms with Crippen LogP contribution in [0.3, 0.4) is 0 Å². The number of carbonyl (C=O) groups excluding carboxylic acids is 2. The fourth-order valence-electron chi connectivity index (χ4n) is 1.93. The van der Waals surface area contributed by atoms with Crippen molar-refractivity contribution in [3.63, 3.8) is 0 Å². The first-order valence-electron chi connectivity index (χ1n) is 7.26. The smallest absolute Gasteiger partial charge is 0.311 e. The van der Waals surface area contributed by atoms with Gasteiger partial charge in [-0.2, -0.15) is 0 Å². The number of non-ortho nitro benzene ring substituents is 1. The molecule has 0 aliphatic heterocycles. The highest BCUT2D eigenvalue weighted by Crippen LogP contribution is 2.17. The van der Waals surface area contributed by atoms with Crippen molar-refractivity contribution in [3.8, 4) is 5.75 Å². The molecule has 0 radical (unpaired) electrons. The molecule has 1 N–H and O–H groups in total. The minimum atomic E-state index is -0.547. The second kappa shape index (κ2) is 7.87. The zero-order valence-electron chi connectivity index (χ0n) is 13.0. The van der Waals surface area contributed by atoms with Gasteiger partial charge in [0.25, 0.3) is 5.69 Å². The van der Waals surface area contributed by atoms with Gasteiger partial charge in [0, 0.05) is 24.2 Å². The fourth-order valence-corrected chi connectivity index (χ4v) is 1.93. The van der Waals surface area contributed by atoms with Crippen LogP contribution in [0.5, 0.6) is 5.75 Å². The van der Waals surface area contributed by atoms with Gasteiger partial charge in [0.15, 0.2) is 0 Å². The van der Waals surface area contributed by atoms with Crippen LogP contribution in [0.15, 0.2) is 48.5 Å². The summed E-state index contributed by atoms with van der Waals surface area (Å²) in [5.41, 5.74) is 1.24. The van der Waals surface area contributed by atoms with E-state index in [1.165, 1.54) is 24.3 Å². The van der Waals surface area contributed by atoms with Crippen LogP contribution in [-0.4, -0.2) is 16.8 Å². The van der Waals surface area contributed by atoms with E-state index in [2.05, 4.69) is 5.32 Å². The number of benzene rings is 2. The summed E-state index contributed by atoms with van der Waals surface area (Å²) in [5, 5.41) is 13.2. The largest absolute Gasteiger partial charge is 0.427 e. The average Bonchev–Trinajstić information content (AvgIpc) is 2.55. The highest BCUT2D eigenvalue weighted by molar-refractivity contribution is 5.93. The van der Waals surface area contributed by atoms with E-state index in [1.54, 1.807) is 12.1 Å². The Morgan fingerprint density at radius 1 is 1.12 bits per heavy atom. The van der Waals surface area contributed by atoms with Crippen molar-refractivity contribution in [1.29, 1.82) is 0 Å². The van der Waals surface area contributed by atoms with Crippen molar-refractivity contribution in [2.24, 2.45) is 0 Å². The molecule has 0 aliphatic carbocycles. The molecule has 0 heterocycles. The molecule has 0 aromatic heterocycles. The monoisotopic (exact) mass is 328 g/mol. The topological polar surface area (TPSA) is 98.5 Å². The molecule has 124 valence electrons. The summed E-state index contributed by atoms with van der Waals surface area (Å²) in [4.78, 5) is 33.6. The first-order valence-corrected chi connectivity index (χ1v) is 7.26. The Balaban J connectivity index is 1.82. The van der Waals surface area contributed by atoms with Crippen LogP contribution in [0.25, 0.3) is 0 Å². The Labute approximate surface area is 138 Å². The van der Waals surface area contributed by atoms with Crippen LogP contribution in [0.2, 0.25) is 0 Å². The highest BCUT2D eigenvalue weighted by Gasteiger charge is 2.11. The average molecular weight is 328 g/mol. The Kier molecular flexibility index (Phi) is 5.62. The lowest BCUT2D eigenvalue weighted by atomic mass is 10.2. The lowest BCUT2D eigenvalue weighted by Gasteiger charge is -2.06. The van der Waals surface area contributed by atoms with Crippen molar-refractivity contribution in [2.45, 2.75) is 19.8 Å². The lowest BCUT2D eigenvalue weighted by Crippen LogP contribution is -2.16. The molecule has 7 nitrogen and oxygen atoms in total. The van der Waals surface area contributed by atoms with E-state index >= 15 is 0 Å². The lowest BCUT2D eigenvalue weighted by molar-refractivity contribution is -0.384. The number of aryl methyl sites for hydroxylation is 1. The number of hydrogen-bond acceptors (Lipinski definition) is 5. The number of nitrogens with one attached hydrogen (secondary N) is 1. The number of carbonyl (C=O) groups is 2. The van der Waals surface area contributed by atoms with E-state index in [4.69, 9.17) is 4.74 Å². The predicted octanol–water partition coefficient (Wildman–Crippen LogP) is 3.23. The molecular formula is C17H16N2O5. The second-order valence-corrected chi connectivity index (χ2v) is 5.14. The highest BCUT2D eigenvalue weighted by atomic mass is 16.6. The van der Waals surface area contributed by atoms with E-state index in [9.17, 15) is 19.7 Å². The third-order valence-corrected chi connectivity index (χ3v) is 3.15. The zero-order chi connectivity index (χ0) is 17.5. The molecule has 0 saturated carbocycles. The first-order chi connectivity index (χ1) is 11.4. The maximum atomic E-state index is 11.8. The number of ether oxygens (including phenoxy) is 1. The minimum absolute atomic E-state index is 0.0760. The van der Waals surface area contributed by atoms with Crippen LogP contribution < -0.4 is 10.1 Å².